The summed E-state index contributed by atoms with van der Waals surface area (Å²) in [6.45, 7) is 0.939. The number of pyridine rings is 1. The molecule has 2 aromatic rings. The SMILES string of the molecule is CN1CCc2ccccc2C1CC(=O)Nc1ncc(Cl)cc1Cl. The number of carbonyl (C=O) groups excluding carboxylic acids is 1. The molecule has 0 saturated heterocycles. The van der Waals surface area contributed by atoms with Crippen LogP contribution in [0.3, 0.4) is 0 Å². The molecule has 1 N–H and O–H groups in total. The summed E-state index contributed by atoms with van der Waals surface area (Å²) in [5, 5.41) is 3.54. The largest absolute Gasteiger partial charge is 0.309 e. The molecule has 1 unspecified atom stereocenters. The standard InChI is InChI=1S/C17H17Cl2N3O/c1-22-7-6-11-4-2-3-5-13(11)15(22)9-16(23)21-17-14(19)8-12(18)10-20-17/h2-5,8,10,15H,6-7,9H2,1H3,(H,20,21,23). The first-order valence-electron chi connectivity index (χ1n) is 7.43. The molecule has 1 aliphatic rings. The third-order valence-electron chi connectivity index (χ3n) is 4.12. The zero-order valence-corrected chi connectivity index (χ0v) is 14.2. The van der Waals surface area contributed by atoms with Gasteiger partial charge in [0.2, 0.25) is 5.91 Å². The van der Waals surface area contributed by atoms with E-state index in [-0.39, 0.29) is 11.9 Å². The number of fused-ring (bicyclic) bond motifs is 1. The number of hydrogen-bond donors (Lipinski definition) is 1. The van der Waals surface area contributed by atoms with E-state index in [1.807, 2.05) is 19.2 Å². The molecule has 1 amide bonds. The van der Waals surface area contributed by atoms with Crippen LogP contribution < -0.4 is 5.32 Å². The zero-order chi connectivity index (χ0) is 16.4. The van der Waals surface area contributed by atoms with Crippen LogP contribution in [0.1, 0.15) is 23.6 Å². The van der Waals surface area contributed by atoms with Crippen molar-refractivity contribution in [2.75, 3.05) is 18.9 Å². The number of nitrogens with one attached hydrogen (secondary N) is 1. The second-order valence-electron chi connectivity index (χ2n) is 5.68. The molecule has 120 valence electrons. The minimum absolute atomic E-state index is 0.0611. The van der Waals surface area contributed by atoms with Gasteiger partial charge in [-0.15, -0.1) is 0 Å². The number of aromatic nitrogens is 1. The second kappa shape index (κ2) is 6.87. The highest BCUT2D eigenvalue weighted by Crippen LogP contribution is 2.31. The van der Waals surface area contributed by atoms with Crippen LogP contribution >= 0.6 is 23.2 Å². The van der Waals surface area contributed by atoms with Crippen molar-refractivity contribution >= 4 is 34.9 Å². The molecule has 0 spiro atoms. The molecule has 0 aliphatic carbocycles. The number of likely N-dealkylation sites (N-methyl/N-ethyl adjacent to an activating group) is 1. The van der Waals surface area contributed by atoms with Crippen molar-refractivity contribution in [1.29, 1.82) is 0 Å². The van der Waals surface area contributed by atoms with Crippen molar-refractivity contribution in [3.63, 3.8) is 0 Å². The number of benzene rings is 1. The summed E-state index contributed by atoms with van der Waals surface area (Å²) in [6.07, 6.45) is 2.83. The fourth-order valence-electron chi connectivity index (χ4n) is 2.91. The van der Waals surface area contributed by atoms with Gasteiger partial charge in [0.1, 0.15) is 0 Å². The van der Waals surface area contributed by atoms with E-state index in [0.29, 0.717) is 22.3 Å². The Hall–Kier alpha value is -1.62. The van der Waals surface area contributed by atoms with Crippen LogP contribution in [0.25, 0.3) is 0 Å². The predicted octanol–water partition coefficient (Wildman–Crippen LogP) is 3.95. The number of anilines is 1. The monoisotopic (exact) mass is 349 g/mol. The average molecular weight is 350 g/mol. The van der Waals surface area contributed by atoms with Gasteiger partial charge in [-0.05, 0) is 30.7 Å². The molecule has 0 saturated carbocycles. The van der Waals surface area contributed by atoms with Gasteiger partial charge in [-0.25, -0.2) is 4.98 Å². The van der Waals surface area contributed by atoms with Gasteiger partial charge in [-0.2, -0.15) is 0 Å². The minimum Gasteiger partial charge on any atom is -0.309 e. The number of amides is 1. The molecule has 1 aliphatic heterocycles. The van der Waals surface area contributed by atoms with Crippen molar-refractivity contribution in [3.05, 3.63) is 57.7 Å². The van der Waals surface area contributed by atoms with E-state index < -0.39 is 0 Å². The average Bonchev–Trinajstić information content (AvgIpc) is 2.53. The molecule has 1 atom stereocenters. The van der Waals surface area contributed by atoms with E-state index >= 15 is 0 Å². The molecule has 6 heteroatoms. The summed E-state index contributed by atoms with van der Waals surface area (Å²) in [7, 11) is 2.04. The van der Waals surface area contributed by atoms with Crippen LogP contribution in [0, 0.1) is 0 Å². The summed E-state index contributed by atoms with van der Waals surface area (Å²) in [5.41, 5.74) is 2.53. The van der Waals surface area contributed by atoms with E-state index in [1.165, 1.54) is 17.3 Å². The van der Waals surface area contributed by atoms with E-state index in [9.17, 15) is 4.79 Å². The predicted molar refractivity (Wildman–Crippen MR) is 93.0 cm³/mol. The lowest BCUT2D eigenvalue weighted by Crippen LogP contribution is -2.34. The molecule has 2 heterocycles. The first-order valence-corrected chi connectivity index (χ1v) is 8.19. The number of halogens is 2. The third-order valence-corrected chi connectivity index (χ3v) is 4.62. The van der Waals surface area contributed by atoms with Crippen molar-refractivity contribution in [2.24, 2.45) is 0 Å². The molecule has 0 fully saturated rings. The lowest BCUT2D eigenvalue weighted by atomic mass is 9.91. The Kier molecular flexibility index (Phi) is 4.85. The van der Waals surface area contributed by atoms with Gasteiger partial charge < -0.3 is 5.32 Å². The third kappa shape index (κ3) is 3.66. The summed E-state index contributed by atoms with van der Waals surface area (Å²) in [4.78, 5) is 18.7. The lowest BCUT2D eigenvalue weighted by molar-refractivity contribution is -0.117. The lowest BCUT2D eigenvalue weighted by Gasteiger charge is -2.34. The van der Waals surface area contributed by atoms with Crippen LogP contribution in [-0.4, -0.2) is 29.4 Å². The molecule has 1 aromatic carbocycles. The van der Waals surface area contributed by atoms with Gasteiger partial charge in [0, 0.05) is 25.2 Å². The Morgan fingerprint density at radius 2 is 2.17 bits per heavy atom. The minimum atomic E-state index is -0.115. The normalized spacial score (nSPS) is 17.6. The van der Waals surface area contributed by atoms with Crippen LogP contribution in [0.5, 0.6) is 0 Å². The smallest absolute Gasteiger partial charge is 0.227 e. The maximum Gasteiger partial charge on any atom is 0.227 e. The van der Waals surface area contributed by atoms with Crippen LogP contribution in [0.2, 0.25) is 10.0 Å². The molecule has 0 bridgehead atoms. The van der Waals surface area contributed by atoms with Crippen molar-refractivity contribution in [1.82, 2.24) is 9.88 Å². The van der Waals surface area contributed by atoms with Crippen LogP contribution in [-0.2, 0) is 11.2 Å². The summed E-state index contributed by atoms with van der Waals surface area (Å²) >= 11 is 11.9. The molecular formula is C17H17Cl2N3O. The molecule has 23 heavy (non-hydrogen) atoms. The number of rotatable bonds is 3. The Morgan fingerprint density at radius 3 is 2.96 bits per heavy atom. The summed E-state index contributed by atoms with van der Waals surface area (Å²) in [6, 6.07) is 9.90. The van der Waals surface area contributed by atoms with Crippen molar-refractivity contribution in [2.45, 2.75) is 18.9 Å². The van der Waals surface area contributed by atoms with Gasteiger partial charge >= 0.3 is 0 Å². The van der Waals surface area contributed by atoms with Crippen LogP contribution in [0.15, 0.2) is 36.5 Å². The van der Waals surface area contributed by atoms with Crippen LogP contribution in [0.4, 0.5) is 5.82 Å². The fraction of sp³-hybridized carbons (Fsp3) is 0.294. The molecule has 4 nitrogen and oxygen atoms in total. The molecular weight excluding hydrogens is 333 g/mol. The van der Waals surface area contributed by atoms with E-state index in [1.54, 1.807) is 6.07 Å². The molecule has 3 rings (SSSR count). The highest BCUT2D eigenvalue weighted by atomic mass is 35.5. The number of hydrogen-bond acceptors (Lipinski definition) is 3. The second-order valence-corrected chi connectivity index (χ2v) is 6.53. The summed E-state index contributed by atoms with van der Waals surface area (Å²) < 4.78 is 0. The maximum absolute atomic E-state index is 12.4. The van der Waals surface area contributed by atoms with E-state index in [4.69, 9.17) is 23.2 Å². The van der Waals surface area contributed by atoms with E-state index in [2.05, 4.69) is 27.3 Å². The Balaban J connectivity index is 1.75. The van der Waals surface area contributed by atoms with Gasteiger partial charge in [-0.1, -0.05) is 47.5 Å². The first kappa shape index (κ1) is 16.2. The first-order chi connectivity index (χ1) is 11.0. The molecule has 0 radical (unpaired) electrons. The Bertz CT molecular complexity index is 736. The van der Waals surface area contributed by atoms with Crippen molar-refractivity contribution < 1.29 is 4.79 Å². The highest BCUT2D eigenvalue weighted by molar-refractivity contribution is 6.36. The Morgan fingerprint density at radius 1 is 1.39 bits per heavy atom. The van der Waals surface area contributed by atoms with Gasteiger partial charge in [-0.3, -0.25) is 9.69 Å². The summed E-state index contributed by atoms with van der Waals surface area (Å²) in [5.74, 6) is 0.225. The topological polar surface area (TPSA) is 45.2 Å². The zero-order valence-electron chi connectivity index (χ0n) is 12.7. The fourth-order valence-corrected chi connectivity index (χ4v) is 3.34. The number of carbonyl (C=O) groups is 1. The molecule has 1 aromatic heterocycles. The van der Waals surface area contributed by atoms with Crippen molar-refractivity contribution in [3.8, 4) is 0 Å². The van der Waals surface area contributed by atoms with Gasteiger partial charge in [0.25, 0.3) is 0 Å². The van der Waals surface area contributed by atoms with E-state index in [0.717, 1.165) is 13.0 Å². The van der Waals surface area contributed by atoms with Gasteiger partial charge in [0.15, 0.2) is 5.82 Å². The Labute approximate surface area is 145 Å². The maximum atomic E-state index is 12.4. The quantitative estimate of drug-likeness (QED) is 0.912. The number of nitrogens with zero attached hydrogens (tertiary/aromatic N) is 2. The van der Waals surface area contributed by atoms with Gasteiger partial charge in [0.05, 0.1) is 10.0 Å². The highest BCUT2D eigenvalue weighted by Gasteiger charge is 2.26.